The number of benzene rings is 3. The van der Waals surface area contributed by atoms with Crippen LogP contribution in [0.4, 0.5) is 15.8 Å². The quantitative estimate of drug-likeness (QED) is 0.282. The highest BCUT2D eigenvalue weighted by atomic mass is 35.5. The Bertz CT molecular complexity index is 1780. The molecule has 46 heavy (non-hydrogen) atoms. The van der Waals surface area contributed by atoms with E-state index in [9.17, 15) is 23.9 Å². The number of nitrogens with one attached hydrogen (secondary N) is 1. The molecule has 1 aromatic heterocycles. The van der Waals surface area contributed by atoms with Crippen LogP contribution in [0.15, 0.2) is 73.1 Å². The van der Waals surface area contributed by atoms with Crippen molar-refractivity contribution < 1.29 is 23.9 Å². The number of carboxylic acid groups (broad SMARTS) is 1. The fourth-order valence-corrected chi connectivity index (χ4v) is 6.55. The van der Waals surface area contributed by atoms with E-state index in [4.69, 9.17) is 11.6 Å². The zero-order valence-electron chi connectivity index (χ0n) is 25.5. The molecule has 0 radical (unpaired) electrons. The van der Waals surface area contributed by atoms with Crippen molar-refractivity contribution in [2.24, 2.45) is 0 Å². The third-order valence-corrected chi connectivity index (χ3v) is 9.14. The summed E-state index contributed by atoms with van der Waals surface area (Å²) in [5, 5.41) is 16.3. The Hall–Kier alpha value is -4.74. The van der Waals surface area contributed by atoms with Crippen molar-refractivity contribution in [1.82, 2.24) is 19.6 Å². The van der Waals surface area contributed by atoms with Gasteiger partial charge in [-0.05, 0) is 86.9 Å². The first kappa shape index (κ1) is 31.3. The molecule has 1 atom stereocenters. The van der Waals surface area contributed by atoms with Crippen molar-refractivity contribution >= 4 is 40.8 Å². The van der Waals surface area contributed by atoms with Crippen LogP contribution in [-0.2, 0) is 11.2 Å². The maximum atomic E-state index is 14.7. The molecule has 0 spiro atoms. The van der Waals surface area contributed by atoms with Crippen LogP contribution >= 0.6 is 11.6 Å². The lowest BCUT2D eigenvalue weighted by Gasteiger charge is -2.41. The maximum absolute atomic E-state index is 14.7. The number of hydrogen-bond donors (Lipinski definition) is 2. The third kappa shape index (κ3) is 6.08. The van der Waals surface area contributed by atoms with Gasteiger partial charge in [-0.3, -0.25) is 9.59 Å². The Kier molecular flexibility index (Phi) is 8.79. The van der Waals surface area contributed by atoms with Gasteiger partial charge in [0, 0.05) is 43.2 Å². The monoisotopic (exact) mass is 644 g/mol. The number of carboxylic acids is 1. The normalized spacial score (nSPS) is 16.8. The molecule has 10 nitrogen and oxygen atoms in total. The van der Waals surface area contributed by atoms with Gasteiger partial charge in [0.1, 0.15) is 11.7 Å². The zero-order valence-corrected chi connectivity index (χ0v) is 26.2. The molecule has 0 saturated carbocycles. The highest BCUT2D eigenvalue weighted by Gasteiger charge is 2.38. The van der Waals surface area contributed by atoms with Gasteiger partial charge in [0.05, 0.1) is 22.3 Å². The van der Waals surface area contributed by atoms with E-state index in [1.807, 2.05) is 12.1 Å². The average Bonchev–Trinajstić information content (AvgIpc) is 3.55. The van der Waals surface area contributed by atoms with Crippen LogP contribution in [0.1, 0.15) is 50.7 Å². The number of rotatable bonds is 7. The van der Waals surface area contributed by atoms with E-state index >= 15 is 0 Å². The molecule has 238 valence electrons. The van der Waals surface area contributed by atoms with Crippen LogP contribution < -0.4 is 10.2 Å². The first-order valence-corrected chi connectivity index (χ1v) is 15.5. The number of nitrogens with zero attached hydrogens (tertiary/aromatic N) is 5. The topological polar surface area (TPSA) is 111 Å². The molecular weight excluding hydrogens is 611 g/mol. The second kappa shape index (κ2) is 12.9. The van der Waals surface area contributed by atoms with Crippen LogP contribution in [0.3, 0.4) is 0 Å². The molecule has 0 aliphatic carbocycles. The van der Waals surface area contributed by atoms with Crippen LogP contribution in [0.2, 0.25) is 5.02 Å². The standard InChI is InChI=1S/C34H34ClFN6O4/c1-39(2)24-13-16-40(17-14-24)28-7-3-5-26-25(28)15-18-41(31(26)32(43)38-23-11-9-21(10-12-23)34(45)46)33(44)22-19-37-42(20-22)29-8-4-6-27(35)30(29)36/h3-12,19-20,24,31H,13-18H2,1-2H3,(H,38,43)(H,45,46)/t31-/m1/s1. The molecule has 2 aliphatic rings. The number of carbonyl (C=O) groups is 3. The van der Waals surface area contributed by atoms with Crippen LogP contribution in [0.25, 0.3) is 5.69 Å². The van der Waals surface area contributed by atoms with Crippen molar-refractivity contribution in [3.63, 3.8) is 0 Å². The van der Waals surface area contributed by atoms with E-state index in [-0.39, 0.29) is 28.4 Å². The average molecular weight is 645 g/mol. The number of aromatic nitrogens is 2. The SMILES string of the molecule is CN(C)C1CCN(c2cccc3c2CCN(C(=O)c2cnn(-c4cccc(Cl)c4F)c2)[C@H]3C(=O)Nc2ccc(C(=O)O)cc2)CC1. The van der Waals surface area contributed by atoms with Gasteiger partial charge >= 0.3 is 5.97 Å². The van der Waals surface area contributed by atoms with Crippen molar-refractivity contribution in [3.8, 4) is 5.69 Å². The van der Waals surface area contributed by atoms with E-state index < -0.39 is 29.6 Å². The van der Waals surface area contributed by atoms with E-state index in [0.717, 1.165) is 42.7 Å². The second-order valence-electron chi connectivity index (χ2n) is 11.8. The van der Waals surface area contributed by atoms with Gasteiger partial charge in [0.25, 0.3) is 11.8 Å². The molecule has 3 heterocycles. The van der Waals surface area contributed by atoms with Crippen molar-refractivity contribution in [1.29, 1.82) is 0 Å². The third-order valence-electron chi connectivity index (χ3n) is 8.85. The minimum Gasteiger partial charge on any atom is -0.478 e. The lowest BCUT2D eigenvalue weighted by Crippen LogP contribution is -2.46. The highest BCUT2D eigenvalue weighted by molar-refractivity contribution is 6.30. The summed E-state index contributed by atoms with van der Waals surface area (Å²) in [6.07, 6.45) is 5.36. The zero-order chi connectivity index (χ0) is 32.5. The molecule has 3 aromatic carbocycles. The van der Waals surface area contributed by atoms with Crippen LogP contribution in [-0.4, -0.2) is 82.2 Å². The first-order chi connectivity index (χ1) is 22.1. The molecule has 0 bridgehead atoms. The molecule has 6 rings (SSSR count). The van der Waals surface area contributed by atoms with Crippen LogP contribution in [0.5, 0.6) is 0 Å². The van der Waals surface area contributed by atoms with Gasteiger partial charge in [0.2, 0.25) is 0 Å². The molecule has 1 fully saturated rings. The Morgan fingerprint density at radius 2 is 1.65 bits per heavy atom. The molecule has 2 N–H and O–H groups in total. The maximum Gasteiger partial charge on any atom is 0.335 e. The lowest BCUT2D eigenvalue weighted by atomic mass is 9.89. The largest absolute Gasteiger partial charge is 0.478 e. The van der Waals surface area contributed by atoms with E-state index in [2.05, 4.69) is 40.4 Å². The van der Waals surface area contributed by atoms with Crippen LogP contribution in [0, 0.1) is 5.82 Å². The minimum absolute atomic E-state index is 0.0663. The molecule has 2 aliphatic heterocycles. The Labute approximate surface area is 271 Å². The summed E-state index contributed by atoms with van der Waals surface area (Å²) in [5.74, 6) is -2.60. The Morgan fingerprint density at radius 3 is 2.35 bits per heavy atom. The summed E-state index contributed by atoms with van der Waals surface area (Å²) in [7, 11) is 4.20. The number of hydrogen-bond acceptors (Lipinski definition) is 6. The van der Waals surface area contributed by atoms with Gasteiger partial charge in [-0.2, -0.15) is 5.10 Å². The second-order valence-corrected chi connectivity index (χ2v) is 12.2. The van der Waals surface area contributed by atoms with Gasteiger partial charge in [-0.15, -0.1) is 0 Å². The van der Waals surface area contributed by atoms with E-state index in [0.29, 0.717) is 18.2 Å². The number of aromatic carboxylic acids is 1. The van der Waals surface area contributed by atoms with E-state index in [1.54, 1.807) is 6.07 Å². The molecule has 2 amide bonds. The summed E-state index contributed by atoms with van der Waals surface area (Å²) in [5.41, 5.74) is 3.59. The Balaban J connectivity index is 1.34. The lowest BCUT2D eigenvalue weighted by molar-refractivity contribution is -0.121. The summed E-state index contributed by atoms with van der Waals surface area (Å²) in [6.45, 7) is 2.03. The fraction of sp³-hybridized carbons (Fsp3) is 0.294. The first-order valence-electron chi connectivity index (χ1n) is 15.1. The summed E-state index contributed by atoms with van der Waals surface area (Å²) in [4.78, 5) is 45.6. The molecule has 4 aromatic rings. The minimum atomic E-state index is -1.07. The summed E-state index contributed by atoms with van der Waals surface area (Å²) in [6, 6.07) is 15.8. The predicted octanol–water partition coefficient (Wildman–Crippen LogP) is 5.27. The number of fused-ring (bicyclic) bond motifs is 1. The van der Waals surface area contributed by atoms with Crippen molar-refractivity contribution in [2.45, 2.75) is 31.3 Å². The number of piperidine rings is 1. The van der Waals surface area contributed by atoms with E-state index in [1.165, 1.54) is 58.4 Å². The Morgan fingerprint density at radius 1 is 0.957 bits per heavy atom. The molecule has 12 heteroatoms. The molecule has 1 saturated heterocycles. The van der Waals surface area contributed by atoms with Gasteiger partial charge in [-0.25, -0.2) is 13.9 Å². The number of halogens is 2. The molecular formula is C34H34ClFN6O4. The van der Waals surface area contributed by atoms with Gasteiger partial charge in [0.15, 0.2) is 5.82 Å². The van der Waals surface area contributed by atoms with Gasteiger partial charge < -0.3 is 25.1 Å². The summed E-state index contributed by atoms with van der Waals surface area (Å²) >= 11 is 5.97. The number of amides is 2. The number of carbonyl (C=O) groups excluding carboxylic acids is 2. The summed E-state index contributed by atoms with van der Waals surface area (Å²) < 4.78 is 16.0. The van der Waals surface area contributed by atoms with Gasteiger partial charge in [-0.1, -0.05) is 29.8 Å². The van der Waals surface area contributed by atoms with Crippen molar-refractivity contribution in [2.75, 3.05) is 43.9 Å². The number of anilines is 2. The fourth-order valence-electron chi connectivity index (χ4n) is 6.38. The van der Waals surface area contributed by atoms with Crippen molar-refractivity contribution in [3.05, 3.63) is 106 Å². The highest BCUT2D eigenvalue weighted by Crippen LogP contribution is 2.38. The predicted molar refractivity (Wildman–Crippen MR) is 173 cm³/mol. The smallest absolute Gasteiger partial charge is 0.335 e. The molecule has 0 unspecified atom stereocenters.